The molecule has 1 saturated heterocycles. The lowest BCUT2D eigenvalue weighted by Gasteiger charge is -2.31. The van der Waals surface area contributed by atoms with E-state index in [4.69, 9.17) is 0 Å². The molecule has 0 aliphatic carbocycles. The number of hydrogen-bond donors (Lipinski definition) is 2. The maximum absolute atomic E-state index is 3.65. The Balaban J connectivity index is 2.05. The molecule has 1 aliphatic heterocycles. The fraction of sp³-hybridized carbons (Fsp3) is 0.647. The zero-order valence-corrected chi connectivity index (χ0v) is 12.6. The third-order valence-electron chi connectivity index (χ3n) is 4.04. The zero-order chi connectivity index (χ0) is 13.7. The van der Waals surface area contributed by atoms with Gasteiger partial charge in [-0.3, -0.25) is 0 Å². The average molecular weight is 260 g/mol. The Hall–Kier alpha value is -0.860. The Labute approximate surface area is 118 Å². The predicted octanol–water partition coefficient (Wildman–Crippen LogP) is 3.29. The lowest BCUT2D eigenvalue weighted by atomic mass is 9.91. The second-order valence-corrected chi connectivity index (χ2v) is 6.16. The lowest BCUT2D eigenvalue weighted by Crippen LogP contribution is -2.43. The first kappa shape index (κ1) is 14.5. The summed E-state index contributed by atoms with van der Waals surface area (Å²) in [5.41, 5.74) is 2.86. The number of likely N-dealkylation sites (N-methyl/N-ethyl adjacent to an activating group) is 1. The van der Waals surface area contributed by atoms with Crippen LogP contribution in [-0.2, 0) is 6.42 Å². The SMILES string of the molecule is CNC(c1ccc(CC(C)C)cc1)C1CCCCN1. The largest absolute Gasteiger partial charge is 0.312 e. The topological polar surface area (TPSA) is 24.1 Å². The summed E-state index contributed by atoms with van der Waals surface area (Å²) < 4.78 is 0. The van der Waals surface area contributed by atoms with E-state index in [9.17, 15) is 0 Å². The number of rotatable bonds is 5. The zero-order valence-electron chi connectivity index (χ0n) is 12.6. The Morgan fingerprint density at radius 3 is 2.47 bits per heavy atom. The molecule has 0 bridgehead atoms. The predicted molar refractivity (Wildman–Crippen MR) is 82.4 cm³/mol. The van der Waals surface area contributed by atoms with Crippen LogP contribution in [0.3, 0.4) is 0 Å². The van der Waals surface area contributed by atoms with Crippen molar-refractivity contribution in [1.82, 2.24) is 10.6 Å². The third-order valence-corrected chi connectivity index (χ3v) is 4.04. The molecule has 0 amide bonds. The molecule has 2 heteroatoms. The highest BCUT2D eigenvalue weighted by Gasteiger charge is 2.23. The van der Waals surface area contributed by atoms with Crippen LogP contribution in [-0.4, -0.2) is 19.6 Å². The summed E-state index contributed by atoms with van der Waals surface area (Å²) in [5.74, 6) is 0.728. The summed E-state index contributed by atoms with van der Waals surface area (Å²) in [6.07, 6.45) is 5.12. The highest BCUT2D eigenvalue weighted by Crippen LogP contribution is 2.23. The Morgan fingerprint density at radius 1 is 1.21 bits per heavy atom. The van der Waals surface area contributed by atoms with E-state index in [0.717, 1.165) is 12.5 Å². The van der Waals surface area contributed by atoms with Gasteiger partial charge >= 0.3 is 0 Å². The van der Waals surface area contributed by atoms with Crippen LogP contribution < -0.4 is 10.6 Å². The fourth-order valence-corrected chi connectivity index (χ4v) is 3.10. The first-order valence-electron chi connectivity index (χ1n) is 7.70. The number of piperidine rings is 1. The van der Waals surface area contributed by atoms with Crippen molar-refractivity contribution < 1.29 is 0 Å². The standard InChI is InChI=1S/C17H28N2/c1-13(2)12-14-7-9-15(10-8-14)17(18-3)16-6-4-5-11-19-16/h7-10,13,16-19H,4-6,11-12H2,1-3H3. The first-order chi connectivity index (χ1) is 9.20. The first-order valence-corrected chi connectivity index (χ1v) is 7.70. The summed E-state index contributed by atoms with van der Waals surface area (Å²) >= 11 is 0. The van der Waals surface area contributed by atoms with E-state index in [1.807, 2.05) is 0 Å². The lowest BCUT2D eigenvalue weighted by molar-refractivity contribution is 0.326. The van der Waals surface area contributed by atoms with Crippen molar-refractivity contribution in [3.8, 4) is 0 Å². The molecule has 0 saturated carbocycles. The molecule has 1 heterocycles. The van der Waals surface area contributed by atoms with Crippen molar-refractivity contribution in [2.45, 2.75) is 51.6 Å². The second kappa shape index (κ2) is 7.06. The van der Waals surface area contributed by atoms with E-state index in [0.29, 0.717) is 12.1 Å². The van der Waals surface area contributed by atoms with Gasteiger partial charge in [-0.05, 0) is 49.9 Å². The summed E-state index contributed by atoms with van der Waals surface area (Å²) in [6.45, 7) is 5.71. The molecule has 1 aromatic rings. The fourth-order valence-electron chi connectivity index (χ4n) is 3.10. The average Bonchev–Trinajstić information content (AvgIpc) is 2.42. The van der Waals surface area contributed by atoms with E-state index < -0.39 is 0 Å². The van der Waals surface area contributed by atoms with E-state index in [1.165, 1.54) is 36.8 Å². The molecule has 19 heavy (non-hydrogen) atoms. The molecule has 1 fully saturated rings. The Bertz CT molecular complexity index is 363. The van der Waals surface area contributed by atoms with Gasteiger partial charge in [0.1, 0.15) is 0 Å². The van der Waals surface area contributed by atoms with Gasteiger partial charge in [0.25, 0.3) is 0 Å². The Morgan fingerprint density at radius 2 is 1.95 bits per heavy atom. The molecule has 1 aromatic carbocycles. The van der Waals surface area contributed by atoms with Gasteiger partial charge in [0.15, 0.2) is 0 Å². The van der Waals surface area contributed by atoms with Crippen LogP contribution in [0, 0.1) is 5.92 Å². The van der Waals surface area contributed by atoms with Crippen molar-refractivity contribution in [1.29, 1.82) is 0 Å². The van der Waals surface area contributed by atoms with Crippen LogP contribution in [0.5, 0.6) is 0 Å². The van der Waals surface area contributed by atoms with Crippen molar-refractivity contribution >= 4 is 0 Å². The van der Waals surface area contributed by atoms with Crippen molar-refractivity contribution in [3.63, 3.8) is 0 Å². The van der Waals surface area contributed by atoms with Crippen molar-refractivity contribution in [2.75, 3.05) is 13.6 Å². The van der Waals surface area contributed by atoms with Crippen LogP contribution >= 0.6 is 0 Å². The van der Waals surface area contributed by atoms with Gasteiger partial charge < -0.3 is 10.6 Å². The summed E-state index contributed by atoms with van der Waals surface area (Å²) in [7, 11) is 2.07. The quantitative estimate of drug-likeness (QED) is 0.849. The molecule has 2 nitrogen and oxygen atoms in total. The molecular formula is C17H28N2. The van der Waals surface area contributed by atoms with Crippen LogP contribution in [0.2, 0.25) is 0 Å². The van der Waals surface area contributed by atoms with Gasteiger partial charge in [-0.1, -0.05) is 44.5 Å². The van der Waals surface area contributed by atoms with Gasteiger partial charge in [0, 0.05) is 12.1 Å². The second-order valence-electron chi connectivity index (χ2n) is 6.16. The highest BCUT2D eigenvalue weighted by atomic mass is 15.0. The molecule has 2 unspecified atom stereocenters. The van der Waals surface area contributed by atoms with Gasteiger partial charge in [-0.2, -0.15) is 0 Å². The molecule has 0 spiro atoms. The molecule has 106 valence electrons. The minimum Gasteiger partial charge on any atom is -0.312 e. The highest BCUT2D eigenvalue weighted by molar-refractivity contribution is 5.26. The summed E-state index contributed by atoms with van der Waals surface area (Å²) in [5, 5.41) is 7.14. The van der Waals surface area contributed by atoms with Crippen LogP contribution in [0.1, 0.15) is 50.3 Å². The summed E-state index contributed by atoms with van der Waals surface area (Å²) in [4.78, 5) is 0. The molecule has 2 rings (SSSR count). The van der Waals surface area contributed by atoms with E-state index in [2.05, 4.69) is 55.8 Å². The van der Waals surface area contributed by atoms with Gasteiger partial charge in [0.05, 0.1) is 0 Å². The normalized spacial score (nSPS) is 21.6. The summed E-state index contributed by atoms with van der Waals surface area (Å²) in [6, 6.07) is 10.2. The molecule has 0 radical (unpaired) electrons. The third kappa shape index (κ3) is 4.05. The maximum atomic E-state index is 3.65. The number of hydrogen-bond acceptors (Lipinski definition) is 2. The van der Waals surface area contributed by atoms with Crippen LogP contribution in [0.25, 0.3) is 0 Å². The maximum Gasteiger partial charge on any atom is 0.0473 e. The smallest absolute Gasteiger partial charge is 0.0473 e. The number of nitrogens with one attached hydrogen (secondary N) is 2. The van der Waals surface area contributed by atoms with Crippen molar-refractivity contribution in [2.24, 2.45) is 5.92 Å². The molecule has 1 aliphatic rings. The van der Waals surface area contributed by atoms with Crippen LogP contribution in [0.4, 0.5) is 0 Å². The monoisotopic (exact) mass is 260 g/mol. The molecular weight excluding hydrogens is 232 g/mol. The number of benzene rings is 1. The van der Waals surface area contributed by atoms with E-state index in [-0.39, 0.29) is 0 Å². The van der Waals surface area contributed by atoms with E-state index in [1.54, 1.807) is 0 Å². The van der Waals surface area contributed by atoms with Gasteiger partial charge in [-0.15, -0.1) is 0 Å². The van der Waals surface area contributed by atoms with Crippen LogP contribution in [0.15, 0.2) is 24.3 Å². The van der Waals surface area contributed by atoms with E-state index >= 15 is 0 Å². The minimum absolute atomic E-state index is 0.438. The molecule has 2 N–H and O–H groups in total. The Kier molecular flexibility index (Phi) is 5.41. The molecule has 2 atom stereocenters. The minimum atomic E-state index is 0.438. The van der Waals surface area contributed by atoms with Gasteiger partial charge in [0.2, 0.25) is 0 Å². The van der Waals surface area contributed by atoms with Gasteiger partial charge in [-0.25, -0.2) is 0 Å². The molecule has 0 aromatic heterocycles. The van der Waals surface area contributed by atoms with Crippen molar-refractivity contribution in [3.05, 3.63) is 35.4 Å².